The average molecular weight is 406 g/mol. The fourth-order valence-electron chi connectivity index (χ4n) is 3.56. The van der Waals surface area contributed by atoms with Gasteiger partial charge in [0.25, 0.3) is 0 Å². The summed E-state index contributed by atoms with van der Waals surface area (Å²) < 4.78 is 21.3. The van der Waals surface area contributed by atoms with Crippen LogP contribution in [-0.4, -0.2) is 44.4 Å². The molecule has 1 N–H and O–H groups in total. The van der Waals surface area contributed by atoms with E-state index in [9.17, 15) is 4.79 Å². The molecule has 3 aromatic rings. The first-order chi connectivity index (χ1) is 14.6. The van der Waals surface area contributed by atoms with Crippen molar-refractivity contribution in [1.82, 2.24) is 10.2 Å². The molecule has 1 heterocycles. The highest BCUT2D eigenvalue weighted by molar-refractivity contribution is 6.15. The monoisotopic (exact) mass is 406 g/mol. The van der Waals surface area contributed by atoms with Crippen LogP contribution in [0.3, 0.4) is 0 Å². The summed E-state index contributed by atoms with van der Waals surface area (Å²) in [4.78, 5) is 12.9. The van der Waals surface area contributed by atoms with Crippen LogP contribution in [0.15, 0.2) is 42.0 Å². The number of allylic oxidation sites excluding steroid dienone is 1. The highest BCUT2D eigenvalue weighted by Gasteiger charge is 2.27. The Hall–Kier alpha value is -3.74. The number of carbonyl (C=O) groups excluding carboxylic acids is 1. The molecule has 0 amide bonds. The van der Waals surface area contributed by atoms with Crippen molar-refractivity contribution in [3.63, 3.8) is 0 Å². The van der Waals surface area contributed by atoms with Crippen LogP contribution in [-0.2, 0) is 6.42 Å². The van der Waals surface area contributed by atoms with E-state index < -0.39 is 0 Å². The summed E-state index contributed by atoms with van der Waals surface area (Å²) in [5.41, 5.74) is 4.55. The van der Waals surface area contributed by atoms with Crippen molar-refractivity contribution in [3.05, 3.63) is 58.8 Å². The topological polar surface area (TPSA) is 82.7 Å². The molecule has 1 aliphatic rings. The number of nitrogens with zero attached hydrogens (tertiary/aromatic N) is 1. The second-order valence-electron chi connectivity index (χ2n) is 6.85. The van der Waals surface area contributed by atoms with Crippen molar-refractivity contribution in [1.29, 1.82) is 0 Å². The molecule has 1 aromatic heterocycles. The molecule has 0 aliphatic heterocycles. The van der Waals surface area contributed by atoms with Crippen LogP contribution in [0.25, 0.3) is 17.3 Å². The molecule has 0 bridgehead atoms. The highest BCUT2D eigenvalue weighted by atomic mass is 16.5. The first-order valence-corrected chi connectivity index (χ1v) is 9.35. The smallest absolute Gasteiger partial charge is 0.189 e. The summed E-state index contributed by atoms with van der Waals surface area (Å²) in [5.74, 6) is 2.49. The van der Waals surface area contributed by atoms with Gasteiger partial charge in [-0.05, 0) is 42.0 Å². The van der Waals surface area contributed by atoms with Crippen molar-refractivity contribution in [2.45, 2.75) is 6.42 Å². The van der Waals surface area contributed by atoms with Crippen molar-refractivity contribution in [3.8, 4) is 34.3 Å². The number of methoxy groups -OCH3 is 4. The van der Waals surface area contributed by atoms with Gasteiger partial charge in [-0.25, -0.2) is 0 Å². The van der Waals surface area contributed by atoms with E-state index in [1.807, 2.05) is 30.3 Å². The van der Waals surface area contributed by atoms with Crippen LogP contribution in [0.5, 0.6) is 23.0 Å². The van der Waals surface area contributed by atoms with Crippen LogP contribution in [0.1, 0.15) is 21.6 Å². The van der Waals surface area contributed by atoms with Crippen LogP contribution >= 0.6 is 0 Å². The molecule has 0 radical (unpaired) electrons. The van der Waals surface area contributed by atoms with Crippen molar-refractivity contribution < 1.29 is 23.7 Å². The lowest BCUT2D eigenvalue weighted by molar-refractivity contribution is 0.104. The number of aromatic amines is 1. The van der Waals surface area contributed by atoms with E-state index in [4.69, 9.17) is 18.9 Å². The van der Waals surface area contributed by atoms with E-state index in [1.165, 1.54) is 0 Å². The molecule has 7 heteroatoms. The lowest BCUT2D eigenvalue weighted by atomic mass is 10.1. The van der Waals surface area contributed by atoms with Crippen LogP contribution < -0.4 is 18.9 Å². The van der Waals surface area contributed by atoms with Gasteiger partial charge in [0.15, 0.2) is 17.3 Å². The van der Waals surface area contributed by atoms with Gasteiger partial charge in [0.1, 0.15) is 11.5 Å². The van der Waals surface area contributed by atoms with Gasteiger partial charge in [-0.15, -0.1) is 0 Å². The first-order valence-electron chi connectivity index (χ1n) is 9.35. The molecule has 0 fully saturated rings. The van der Waals surface area contributed by atoms with Gasteiger partial charge in [-0.2, -0.15) is 5.10 Å². The molecule has 0 spiro atoms. The van der Waals surface area contributed by atoms with Gasteiger partial charge in [-0.1, -0.05) is 0 Å². The molecular formula is C23H22N2O5. The molecule has 0 atom stereocenters. The molecule has 0 unspecified atom stereocenters. The number of hydrogen-bond donors (Lipinski definition) is 1. The lowest BCUT2D eigenvalue weighted by Gasteiger charge is -2.08. The Balaban J connectivity index is 1.64. The minimum atomic E-state index is -0.0230. The van der Waals surface area contributed by atoms with Gasteiger partial charge >= 0.3 is 0 Å². The van der Waals surface area contributed by atoms with Crippen molar-refractivity contribution in [2.24, 2.45) is 0 Å². The van der Waals surface area contributed by atoms with Crippen LogP contribution in [0.2, 0.25) is 0 Å². The predicted octanol–water partition coefficient (Wildman–Crippen LogP) is 3.93. The molecule has 154 valence electrons. The standard InChI is InChI=1S/C23H22N2O5/c1-27-17-7-14(8-18(11-17)28-2)20-10-16(24-25-20)6-15-5-13-9-21(29-3)22(30-4)12-19(13)23(15)26/h6-12H,5H2,1-4H3,(H,24,25). The summed E-state index contributed by atoms with van der Waals surface area (Å²) >= 11 is 0. The maximum absolute atomic E-state index is 12.9. The number of Topliss-reactive ketones (excluding diaryl/α,β-unsaturated/α-hetero) is 1. The molecule has 0 saturated heterocycles. The number of rotatable bonds is 6. The van der Waals surface area contributed by atoms with E-state index in [1.54, 1.807) is 40.6 Å². The Kier molecular flexibility index (Phi) is 5.18. The van der Waals surface area contributed by atoms with Crippen molar-refractivity contribution in [2.75, 3.05) is 28.4 Å². The molecule has 4 rings (SSSR count). The van der Waals surface area contributed by atoms with E-state index in [0.717, 1.165) is 22.5 Å². The zero-order valence-electron chi connectivity index (χ0n) is 17.2. The molecular weight excluding hydrogens is 384 g/mol. The predicted molar refractivity (Wildman–Crippen MR) is 113 cm³/mol. The zero-order valence-corrected chi connectivity index (χ0v) is 17.2. The molecule has 2 aromatic carbocycles. The number of fused-ring (bicyclic) bond motifs is 1. The number of carbonyl (C=O) groups is 1. The Morgan fingerprint density at radius 2 is 1.53 bits per heavy atom. The number of ketones is 1. The summed E-state index contributed by atoms with van der Waals surface area (Å²) in [5, 5.41) is 7.37. The van der Waals surface area contributed by atoms with Gasteiger partial charge < -0.3 is 18.9 Å². The van der Waals surface area contributed by atoms with Gasteiger partial charge in [0, 0.05) is 29.2 Å². The first kappa shape index (κ1) is 19.6. The maximum atomic E-state index is 12.9. The van der Waals surface area contributed by atoms with E-state index in [2.05, 4.69) is 10.2 Å². The molecule has 7 nitrogen and oxygen atoms in total. The van der Waals surface area contributed by atoms with Crippen molar-refractivity contribution >= 4 is 11.9 Å². The minimum Gasteiger partial charge on any atom is -0.497 e. The summed E-state index contributed by atoms with van der Waals surface area (Å²) in [6.45, 7) is 0. The summed E-state index contributed by atoms with van der Waals surface area (Å²) in [6.07, 6.45) is 2.35. The average Bonchev–Trinajstić information content (AvgIpc) is 3.37. The minimum absolute atomic E-state index is 0.0230. The molecule has 30 heavy (non-hydrogen) atoms. The third-order valence-electron chi connectivity index (χ3n) is 5.10. The van der Waals surface area contributed by atoms with E-state index >= 15 is 0 Å². The molecule has 0 saturated carbocycles. The number of benzene rings is 2. The summed E-state index contributed by atoms with van der Waals surface area (Å²) in [6, 6.07) is 11.0. The molecule has 1 aliphatic carbocycles. The SMILES string of the molecule is COc1cc(OC)cc(-c2cc(C=C3Cc4cc(OC)c(OC)cc4C3=O)[nH]n2)c1. The Bertz CT molecular complexity index is 1120. The maximum Gasteiger partial charge on any atom is 0.189 e. The fourth-order valence-corrected chi connectivity index (χ4v) is 3.56. The Morgan fingerprint density at radius 3 is 2.17 bits per heavy atom. The van der Waals surface area contributed by atoms with Gasteiger partial charge in [0.05, 0.1) is 39.8 Å². The van der Waals surface area contributed by atoms with Crippen LogP contribution in [0, 0.1) is 0 Å². The second-order valence-corrected chi connectivity index (χ2v) is 6.85. The second kappa shape index (κ2) is 7.94. The largest absolute Gasteiger partial charge is 0.497 e. The highest BCUT2D eigenvalue weighted by Crippen LogP contribution is 2.37. The van der Waals surface area contributed by atoms with Gasteiger partial charge in [0.2, 0.25) is 0 Å². The van der Waals surface area contributed by atoms with Gasteiger partial charge in [-0.3, -0.25) is 9.89 Å². The zero-order chi connectivity index (χ0) is 21.3. The fraction of sp³-hybridized carbons (Fsp3) is 0.217. The Morgan fingerprint density at radius 1 is 0.867 bits per heavy atom. The number of H-pyrrole nitrogens is 1. The summed E-state index contributed by atoms with van der Waals surface area (Å²) in [7, 11) is 6.34. The number of ether oxygens (including phenoxy) is 4. The normalized spacial score (nSPS) is 14.0. The third-order valence-corrected chi connectivity index (χ3v) is 5.10. The Labute approximate surface area is 174 Å². The number of nitrogens with one attached hydrogen (secondary N) is 1. The number of aromatic nitrogens is 2. The lowest BCUT2D eigenvalue weighted by Crippen LogP contribution is -1.97. The quantitative estimate of drug-likeness (QED) is 0.625. The van der Waals surface area contributed by atoms with Crippen LogP contribution in [0.4, 0.5) is 0 Å². The third kappa shape index (κ3) is 3.50. The van der Waals surface area contributed by atoms with E-state index in [-0.39, 0.29) is 5.78 Å². The van der Waals surface area contributed by atoms with E-state index in [0.29, 0.717) is 40.6 Å². The number of hydrogen-bond acceptors (Lipinski definition) is 6.